The van der Waals surface area contributed by atoms with Gasteiger partial charge in [-0.1, -0.05) is 30.3 Å². The van der Waals surface area contributed by atoms with E-state index in [0.717, 1.165) is 17.1 Å². The van der Waals surface area contributed by atoms with E-state index in [2.05, 4.69) is 32.4 Å². The maximum atomic E-state index is 12.1. The second kappa shape index (κ2) is 5.11. The van der Waals surface area contributed by atoms with Gasteiger partial charge in [0.15, 0.2) is 0 Å². The molecule has 0 saturated carbocycles. The minimum absolute atomic E-state index is 0.0428. The second-order valence-corrected chi connectivity index (χ2v) is 5.28. The third-order valence-electron chi connectivity index (χ3n) is 3.97. The van der Waals surface area contributed by atoms with E-state index in [9.17, 15) is 4.79 Å². The van der Waals surface area contributed by atoms with Gasteiger partial charge in [-0.2, -0.15) is 0 Å². The predicted molar refractivity (Wildman–Crippen MR) is 82.4 cm³/mol. The quantitative estimate of drug-likeness (QED) is 0.761. The van der Waals surface area contributed by atoms with Crippen molar-refractivity contribution in [2.75, 3.05) is 6.54 Å². The van der Waals surface area contributed by atoms with Crippen LogP contribution in [-0.4, -0.2) is 27.4 Å². The number of hydrogen-bond donors (Lipinski definition) is 2. The molecule has 3 aromatic rings. The van der Waals surface area contributed by atoms with E-state index in [-0.39, 0.29) is 11.8 Å². The van der Waals surface area contributed by atoms with Gasteiger partial charge in [0, 0.05) is 24.4 Å². The van der Waals surface area contributed by atoms with E-state index in [1.54, 1.807) is 6.20 Å². The Morgan fingerprint density at radius 1 is 1.14 bits per heavy atom. The van der Waals surface area contributed by atoms with Crippen LogP contribution in [0.15, 0.2) is 55.0 Å². The molecule has 4 rings (SSSR count). The highest BCUT2D eigenvalue weighted by Gasteiger charge is 2.29. The number of rotatable bonds is 2. The minimum atomic E-state index is -0.0428. The zero-order valence-corrected chi connectivity index (χ0v) is 11.8. The Hall–Kier alpha value is -2.95. The van der Waals surface area contributed by atoms with Gasteiger partial charge in [-0.15, -0.1) is 0 Å². The third kappa shape index (κ3) is 2.07. The predicted octanol–water partition coefficient (Wildman–Crippen LogP) is 2.35. The smallest absolute Gasteiger partial charge is 0.253 e. The highest BCUT2D eigenvalue weighted by atomic mass is 16.1. The molecular formula is C17H14N4O. The molecule has 1 unspecified atom stereocenters. The number of H-pyrrole nitrogens is 1. The van der Waals surface area contributed by atoms with E-state index >= 15 is 0 Å². The van der Waals surface area contributed by atoms with Crippen LogP contribution < -0.4 is 5.32 Å². The summed E-state index contributed by atoms with van der Waals surface area (Å²) in [5, 5.41) is 2.96. The first kappa shape index (κ1) is 12.8. The summed E-state index contributed by atoms with van der Waals surface area (Å²) in [6.07, 6.45) is 3.20. The van der Waals surface area contributed by atoms with Crippen molar-refractivity contribution in [2.24, 2.45) is 0 Å². The summed E-state index contributed by atoms with van der Waals surface area (Å²) in [5.41, 5.74) is 4.44. The van der Waals surface area contributed by atoms with Crippen molar-refractivity contribution in [3.8, 4) is 11.4 Å². The molecular weight excluding hydrogens is 276 g/mol. The van der Waals surface area contributed by atoms with Gasteiger partial charge in [0.05, 0.1) is 17.0 Å². The van der Waals surface area contributed by atoms with Crippen molar-refractivity contribution < 1.29 is 4.79 Å². The first-order chi connectivity index (χ1) is 10.8. The van der Waals surface area contributed by atoms with E-state index in [1.807, 2.05) is 30.3 Å². The summed E-state index contributed by atoms with van der Waals surface area (Å²) >= 11 is 0. The van der Waals surface area contributed by atoms with Gasteiger partial charge in [0.2, 0.25) is 0 Å². The van der Waals surface area contributed by atoms with Crippen LogP contribution in [0.25, 0.3) is 11.4 Å². The van der Waals surface area contributed by atoms with Crippen LogP contribution >= 0.6 is 0 Å². The number of carbonyl (C=O) groups is 1. The molecule has 1 atom stereocenters. The average Bonchev–Trinajstić information content (AvgIpc) is 3.03. The molecule has 108 valence electrons. The van der Waals surface area contributed by atoms with Crippen LogP contribution in [-0.2, 0) is 0 Å². The molecule has 1 aliphatic rings. The number of aromatic amines is 1. The first-order valence-electron chi connectivity index (χ1n) is 7.15. The Bertz CT molecular complexity index is 811. The fourth-order valence-electron chi connectivity index (χ4n) is 2.88. The van der Waals surface area contributed by atoms with Crippen molar-refractivity contribution in [3.05, 3.63) is 71.8 Å². The Morgan fingerprint density at radius 2 is 2.00 bits per heavy atom. The normalized spacial score (nSPS) is 16.9. The number of benzene rings is 1. The summed E-state index contributed by atoms with van der Waals surface area (Å²) in [6, 6.07) is 13.9. The van der Waals surface area contributed by atoms with E-state index in [1.165, 1.54) is 11.9 Å². The van der Waals surface area contributed by atoms with Crippen LogP contribution in [0.5, 0.6) is 0 Å². The molecule has 5 nitrogen and oxygen atoms in total. The van der Waals surface area contributed by atoms with Crippen LogP contribution in [0.1, 0.15) is 27.5 Å². The van der Waals surface area contributed by atoms with Crippen LogP contribution in [0.3, 0.4) is 0 Å². The number of amides is 1. The van der Waals surface area contributed by atoms with Crippen molar-refractivity contribution in [3.63, 3.8) is 0 Å². The summed E-state index contributed by atoms with van der Waals surface area (Å²) in [4.78, 5) is 23.7. The Balaban J connectivity index is 1.82. The molecule has 0 spiro atoms. The van der Waals surface area contributed by atoms with Crippen molar-refractivity contribution in [1.82, 2.24) is 20.3 Å². The van der Waals surface area contributed by atoms with Crippen LogP contribution in [0, 0.1) is 0 Å². The lowest BCUT2D eigenvalue weighted by molar-refractivity contribution is 0.0942. The Morgan fingerprint density at radius 3 is 2.77 bits per heavy atom. The van der Waals surface area contributed by atoms with Gasteiger partial charge in [-0.05, 0) is 17.7 Å². The molecule has 0 aliphatic carbocycles. The second-order valence-electron chi connectivity index (χ2n) is 5.28. The van der Waals surface area contributed by atoms with Crippen LogP contribution in [0.4, 0.5) is 0 Å². The Labute approximate surface area is 127 Å². The lowest BCUT2D eigenvalue weighted by atomic mass is 9.90. The topological polar surface area (TPSA) is 70.7 Å². The number of fused-ring (bicyclic) bond motifs is 1. The molecule has 1 amide bonds. The van der Waals surface area contributed by atoms with Gasteiger partial charge < -0.3 is 10.3 Å². The molecule has 0 radical (unpaired) electrons. The molecule has 2 N–H and O–H groups in total. The molecule has 3 heterocycles. The van der Waals surface area contributed by atoms with Crippen LogP contribution in [0.2, 0.25) is 0 Å². The molecule has 0 saturated heterocycles. The van der Waals surface area contributed by atoms with Gasteiger partial charge in [-0.25, -0.2) is 9.97 Å². The fraction of sp³-hybridized carbons (Fsp3) is 0.118. The SMILES string of the molecule is O=C1NCC(c2ccccc2)c2[nH]c(-c3ccncn3)cc21. The van der Waals surface area contributed by atoms with Crippen molar-refractivity contribution >= 4 is 5.91 Å². The maximum Gasteiger partial charge on any atom is 0.253 e. The fourth-order valence-corrected chi connectivity index (χ4v) is 2.88. The Kier molecular flexibility index (Phi) is 2.96. The summed E-state index contributed by atoms with van der Waals surface area (Å²) in [6.45, 7) is 0.597. The van der Waals surface area contributed by atoms with Gasteiger partial charge in [0.1, 0.15) is 6.33 Å². The lowest BCUT2D eigenvalue weighted by Crippen LogP contribution is -2.35. The number of nitrogens with one attached hydrogen (secondary N) is 2. The average molecular weight is 290 g/mol. The zero-order valence-electron chi connectivity index (χ0n) is 11.8. The minimum Gasteiger partial charge on any atom is -0.356 e. The van der Waals surface area contributed by atoms with E-state index < -0.39 is 0 Å². The van der Waals surface area contributed by atoms with Crippen molar-refractivity contribution in [1.29, 1.82) is 0 Å². The summed E-state index contributed by atoms with van der Waals surface area (Å²) < 4.78 is 0. The van der Waals surface area contributed by atoms with E-state index in [0.29, 0.717) is 12.1 Å². The molecule has 2 aromatic heterocycles. The molecule has 0 bridgehead atoms. The maximum absolute atomic E-state index is 12.1. The van der Waals surface area contributed by atoms with Gasteiger partial charge in [0.25, 0.3) is 5.91 Å². The highest BCUT2D eigenvalue weighted by molar-refractivity contribution is 5.98. The monoisotopic (exact) mass is 290 g/mol. The molecule has 22 heavy (non-hydrogen) atoms. The third-order valence-corrected chi connectivity index (χ3v) is 3.97. The highest BCUT2D eigenvalue weighted by Crippen LogP contribution is 2.32. The number of carbonyl (C=O) groups excluding carboxylic acids is 1. The zero-order chi connectivity index (χ0) is 14.9. The van der Waals surface area contributed by atoms with Gasteiger partial charge >= 0.3 is 0 Å². The molecule has 1 aliphatic heterocycles. The number of nitrogens with zero attached hydrogens (tertiary/aromatic N) is 2. The summed E-state index contributed by atoms with van der Waals surface area (Å²) in [7, 11) is 0. The summed E-state index contributed by atoms with van der Waals surface area (Å²) in [5.74, 6) is 0.0863. The molecule has 1 aromatic carbocycles. The lowest BCUT2D eigenvalue weighted by Gasteiger charge is -2.23. The van der Waals surface area contributed by atoms with Crippen molar-refractivity contribution in [2.45, 2.75) is 5.92 Å². The first-order valence-corrected chi connectivity index (χ1v) is 7.15. The number of hydrogen-bond acceptors (Lipinski definition) is 3. The largest absolute Gasteiger partial charge is 0.356 e. The van der Waals surface area contributed by atoms with Gasteiger partial charge in [-0.3, -0.25) is 4.79 Å². The standard InChI is InChI=1S/C17H14N4O/c22-17-12-8-15(14-6-7-18-10-20-14)21-16(12)13(9-19-17)11-4-2-1-3-5-11/h1-8,10,13,21H,9H2,(H,19,22). The molecule has 5 heteroatoms. The molecule has 0 fully saturated rings. The number of aromatic nitrogens is 3. The van der Waals surface area contributed by atoms with E-state index in [4.69, 9.17) is 0 Å².